The minimum atomic E-state index is -1.95. The molecule has 1 unspecified atom stereocenters. The van der Waals surface area contributed by atoms with Gasteiger partial charge in [-0.25, -0.2) is 4.79 Å². The fourth-order valence-electron chi connectivity index (χ4n) is 3.30. The average Bonchev–Trinajstić information content (AvgIpc) is 2.78. The van der Waals surface area contributed by atoms with Crippen molar-refractivity contribution in [3.05, 3.63) is 4.91 Å². The van der Waals surface area contributed by atoms with Crippen molar-refractivity contribution in [3.8, 4) is 0 Å². The van der Waals surface area contributed by atoms with Crippen molar-refractivity contribution >= 4 is 12.3 Å². The number of aliphatic hydroxyl groups excluding tert-OH is 4. The van der Waals surface area contributed by atoms with E-state index in [2.05, 4.69) is 5.29 Å². The average molecular weight is 391 g/mol. The number of aliphatic hydroxyl groups is 4. The second-order valence-corrected chi connectivity index (χ2v) is 7.75. The van der Waals surface area contributed by atoms with Crippen LogP contribution >= 0.6 is 0 Å². The number of urea groups is 1. The van der Waals surface area contributed by atoms with Crippen LogP contribution in [0.3, 0.4) is 0 Å². The molecule has 0 aliphatic carbocycles. The highest BCUT2D eigenvalue weighted by molar-refractivity contribution is 5.78. The summed E-state index contributed by atoms with van der Waals surface area (Å²) in [5.41, 5.74) is -2.03. The van der Waals surface area contributed by atoms with Crippen molar-refractivity contribution in [3.63, 3.8) is 0 Å². The number of aldehydes is 1. The van der Waals surface area contributed by atoms with Gasteiger partial charge in [0.1, 0.15) is 30.6 Å². The van der Waals surface area contributed by atoms with Crippen LogP contribution in [0.2, 0.25) is 0 Å². The van der Waals surface area contributed by atoms with E-state index in [1.807, 2.05) is 5.32 Å². The van der Waals surface area contributed by atoms with Gasteiger partial charge >= 0.3 is 6.03 Å². The molecule has 0 aromatic rings. The van der Waals surface area contributed by atoms with E-state index in [0.717, 1.165) is 5.06 Å². The highest BCUT2D eigenvalue weighted by Crippen LogP contribution is 2.42. The molecule has 0 aromatic heterocycles. The van der Waals surface area contributed by atoms with Gasteiger partial charge in [-0.2, -0.15) is 5.01 Å². The Hall–Kier alpha value is -1.70. The standard InChI is InChI=1S/C15H27N4O8/c1-14(2)5-10(15(3,4)19(14)27)18(17-26)13(25)16-8(6-20)11(23)12(24)9(22)7-21/h6,8-12,21-24H,5,7H2,1-4H3,(H,16,25)/t8-,9+,10?,11+,12+/m0/s1. The Balaban J connectivity index is 2.98. The van der Waals surface area contributed by atoms with Crippen LogP contribution in [0.1, 0.15) is 34.1 Å². The van der Waals surface area contributed by atoms with Gasteiger partial charge in [0.2, 0.25) is 0 Å². The van der Waals surface area contributed by atoms with Crippen molar-refractivity contribution < 1.29 is 35.2 Å². The first-order valence-corrected chi connectivity index (χ1v) is 8.36. The van der Waals surface area contributed by atoms with Crippen LogP contribution < -0.4 is 5.32 Å². The SMILES string of the molecule is CC1(C)CC(N(N=O)C(=O)N[C@@H](C=O)[C@@H](O)[C@H](O)[C@H](O)CO)C(C)(C)N1[O]. The van der Waals surface area contributed by atoms with E-state index in [1.165, 1.54) is 13.8 Å². The number of nitroso groups, excluding NO2 is 1. The van der Waals surface area contributed by atoms with Crippen LogP contribution in [0.5, 0.6) is 0 Å². The highest BCUT2D eigenvalue weighted by Gasteiger charge is 2.56. The number of amides is 2. The normalized spacial score (nSPS) is 25.9. The molecule has 1 radical (unpaired) electrons. The summed E-state index contributed by atoms with van der Waals surface area (Å²) in [7, 11) is 0. The van der Waals surface area contributed by atoms with E-state index in [1.54, 1.807) is 13.8 Å². The molecular weight excluding hydrogens is 364 g/mol. The Morgan fingerprint density at radius 1 is 1.30 bits per heavy atom. The molecule has 0 aromatic carbocycles. The summed E-state index contributed by atoms with van der Waals surface area (Å²) < 4.78 is 0. The maximum absolute atomic E-state index is 12.4. The number of nitrogens with zero attached hydrogens (tertiary/aromatic N) is 3. The predicted octanol–water partition coefficient (Wildman–Crippen LogP) is -1.70. The first-order valence-electron chi connectivity index (χ1n) is 8.36. The number of carbonyl (C=O) groups is 2. The summed E-state index contributed by atoms with van der Waals surface area (Å²) in [5, 5.41) is 56.1. The van der Waals surface area contributed by atoms with Gasteiger partial charge in [0.15, 0.2) is 0 Å². The van der Waals surface area contributed by atoms with E-state index >= 15 is 0 Å². The Bertz CT molecular complexity index is 558. The lowest BCUT2D eigenvalue weighted by Crippen LogP contribution is -2.58. The molecule has 5 atom stereocenters. The minimum Gasteiger partial charge on any atom is -0.394 e. The smallest absolute Gasteiger partial charge is 0.341 e. The van der Waals surface area contributed by atoms with Crippen LogP contribution in [-0.2, 0) is 10.0 Å². The molecule has 1 heterocycles. The number of rotatable bonds is 8. The van der Waals surface area contributed by atoms with Gasteiger partial charge in [-0.15, -0.1) is 15.2 Å². The van der Waals surface area contributed by atoms with Gasteiger partial charge in [0, 0.05) is 5.54 Å². The maximum Gasteiger partial charge on any atom is 0.341 e. The van der Waals surface area contributed by atoms with Gasteiger partial charge in [-0.05, 0) is 34.1 Å². The fourth-order valence-corrected chi connectivity index (χ4v) is 3.30. The first kappa shape index (κ1) is 23.3. The molecule has 1 aliphatic rings. The summed E-state index contributed by atoms with van der Waals surface area (Å²) in [4.78, 5) is 34.9. The molecule has 12 heteroatoms. The zero-order valence-electron chi connectivity index (χ0n) is 15.6. The second-order valence-electron chi connectivity index (χ2n) is 7.75. The van der Waals surface area contributed by atoms with Crippen molar-refractivity contribution in [2.45, 2.75) is 75.6 Å². The van der Waals surface area contributed by atoms with Crippen LogP contribution in [0.4, 0.5) is 4.79 Å². The molecule has 1 fully saturated rings. The third-order valence-corrected chi connectivity index (χ3v) is 4.91. The largest absolute Gasteiger partial charge is 0.394 e. The molecule has 0 spiro atoms. The predicted molar refractivity (Wildman–Crippen MR) is 90.2 cm³/mol. The lowest BCUT2D eigenvalue weighted by molar-refractivity contribution is -0.248. The molecule has 1 saturated heterocycles. The fraction of sp³-hybridized carbons (Fsp3) is 0.867. The van der Waals surface area contributed by atoms with Gasteiger partial charge in [0.05, 0.1) is 23.5 Å². The van der Waals surface area contributed by atoms with Gasteiger partial charge in [-0.3, -0.25) is 0 Å². The van der Waals surface area contributed by atoms with E-state index < -0.39 is 54.1 Å². The zero-order chi connectivity index (χ0) is 21.2. The minimum absolute atomic E-state index is 0.0997. The number of hydrogen-bond acceptors (Lipinski definition) is 9. The van der Waals surface area contributed by atoms with Crippen LogP contribution in [0.15, 0.2) is 5.29 Å². The Kier molecular flexibility index (Phi) is 7.38. The second kappa shape index (κ2) is 8.54. The molecule has 27 heavy (non-hydrogen) atoms. The topological polar surface area (TPSA) is 183 Å². The number of hydroxylamine groups is 2. The molecule has 155 valence electrons. The van der Waals surface area contributed by atoms with Crippen LogP contribution in [0, 0.1) is 4.91 Å². The summed E-state index contributed by atoms with van der Waals surface area (Å²) in [6.45, 7) is 5.49. The molecule has 2 amide bonds. The summed E-state index contributed by atoms with van der Waals surface area (Å²) in [6, 6.07) is -3.77. The monoisotopic (exact) mass is 391 g/mol. The molecule has 0 saturated carbocycles. The van der Waals surface area contributed by atoms with E-state index in [0.29, 0.717) is 5.01 Å². The molecule has 5 N–H and O–H groups in total. The van der Waals surface area contributed by atoms with E-state index in [-0.39, 0.29) is 12.7 Å². The lowest BCUT2D eigenvalue weighted by Gasteiger charge is -2.35. The lowest BCUT2D eigenvalue weighted by atomic mass is 9.94. The van der Waals surface area contributed by atoms with E-state index in [9.17, 15) is 35.0 Å². The zero-order valence-corrected chi connectivity index (χ0v) is 15.6. The van der Waals surface area contributed by atoms with Crippen LogP contribution in [-0.4, -0.2) is 90.9 Å². The molecular formula is C15H27N4O8. The Morgan fingerprint density at radius 3 is 2.22 bits per heavy atom. The van der Waals surface area contributed by atoms with Gasteiger partial charge < -0.3 is 30.5 Å². The highest BCUT2D eigenvalue weighted by atomic mass is 16.5. The Morgan fingerprint density at radius 2 is 1.85 bits per heavy atom. The van der Waals surface area contributed by atoms with Crippen LogP contribution in [0.25, 0.3) is 0 Å². The van der Waals surface area contributed by atoms with Gasteiger partial charge in [-0.1, -0.05) is 0 Å². The summed E-state index contributed by atoms with van der Waals surface area (Å²) in [6.07, 6.45) is -5.40. The molecule has 1 aliphatic heterocycles. The van der Waals surface area contributed by atoms with Crippen molar-refractivity contribution in [1.29, 1.82) is 0 Å². The summed E-state index contributed by atoms with van der Waals surface area (Å²) in [5.74, 6) is 0. The third-order valence-electron chi connectivity index (χ3n) is 4.91. The number of nitrogens with one attached hydrogen (secondary N) is 1. The van der Waals surface area contributed by atoms with Gasteiger partial charge in [0.25, 0.3) is 0 Å². The maximum atomic E-state index is 12.4. The number of hydrogen-bond donors (Lipinski definition) is 5. The Labute approximate surface area is 156 Å². The molecule has 1 rings (SSSR count). The molecule has 12 nitrogen and oxygen atoms in total. The first-order chi connectivity index (χ1) is 12.3. The molecule has 0 bridgehead atoms. The number of carbonyl (C=O) groups excluding carboxylic acids is 2. The summed E-state index contributed by atoms with van der Waals surface area (Å²) >= 11 is 0. The van der Waals surface area contributed by atoms with Crippen molar-refractivity contribution in [1.82, 2.24) is 15.4 Å². The van der Waals surface area contributed by atoms with Crippen molar-refractivity contribution in [2.75, 3.05) is 6.61 Å². The van der Waals surface area contributed by atoms with Crippen molar-refractivity contribution in [2.24, 2.45) is 5.29 Å². The quantitative estimate of drug-likeness (QED) is 0.184. The van der Waals surface area contributed by atoms with E-state index in [4.69, 9.17) is 5.11 Å². The third kappa shape index (κ3) is 4.59.